The van der Waals surface area contributed by atoms with Gasteiger partial charge < -0.3 is 0 Å². The highest BCUT2D eigenvalue weighted by atomic mass is 79.9. The number of anilines is 1. The van der Waals surface area contributed by atoms with Crippen molar-refractivity contribution in [1.29, 1.82) is 0 Å². The van der Waals surface area contributed by atoms with Crippen LogP contribution >= 0.6 is 15.9 Å². The molecule has 148 valence electrons. The van der Waals surface area contributed by atoms with Crippen LogP contribution in [0.25, 0.3) is 0 Å². The Labute approximate surface area is 169 Å². The van der Waals surface area contributed by atoms with E-state index in [0.29, 0.717) is 24.2 Å². The predicted octanol–water partition coefficient (Wildman–Crippen LogP) is 3.90. The smallest absolute Gasteiger partial charge is 0.261 e. The van der Waals surface area contributed by atoms with Gasteiger partial charge in [0.2, 0.25) is 10.0 Å². The van der Waals surface area contributed by atoms with Gasteiger partial charge in [0.05, 0.1) is 15.5 Å². The van der Waals surface area contributed by atoms with Gasteiger partial charge in [-0.25, -0.2) is 16.8 Å². The molecule has 1 N–H and O–H groups in total. The van der Waals surface area contributed by atoms with Crippen LogP contribution in [0.2, 0.25) is 0 Å². The SMILES string of the molecule is CCN(CC)S(=O)(=O)c1cc(C)c(C)c(NS(=O)(=O)c2ccc(Br)cc2)c1. The first-order chi connectivity index (χ1) is 12.5. The first-order valence-electron chi connectivity index (χ1n) is 8.42. The fourth-order valence-electron chi connectivity index (χ4n) is 2.61. The third kappa shape index (κ3) is 4.71. The first kappa shape index (κ1) is 21.9. The van der Waals surface area contributed by atoms with E-state index in [2.05, 4.69) is 20.7 Å². The largest absolute Gasteiger partial charge is 0.279 e. The standard InChI is InChI=1S/C18H23BrN2O4S2/c1-5-21(6-2)27(24,25)17-11-13(3)14(4)18(12-17)20-26(22,23)16-9-7-15(19)8-10-16/h7-12,20H,5-6H2,1-4H3. The number of hydrogen-bond donors (Lipinski definition) is 1. The maximum Gasteiger partial charge on any atom is 0.261 e. The van der Waals surface area contributed by atoms with Gasteiger partial charge in [0.15, 0.2) is 0 Å². The van der Waals surface area contributed by atoms with E-state index in [1.54, 1.807) is 45.9 Å². The highest BCUT2D eigenvalue weighted by Crippen LogP contribution is 2.28. The lowest BCUT2D eigenvalue weighted by Gasteiger charge is -2.20. The summed E-state index contributed by atoms with van der Waals surface area (Å²) >= 11 is 3.27. The third-order valence-corrected chi connectivity index (χ3v) is 8.29. The molecule has 0 heterocycles. The molecule has 0 unspecified atom stereocenters. The lowest BCUT2D eigenvalue weighted by molar-refractivity contribution is 0.445. The lowest BCUT2D eigenvalue weighted by Crippen LogP contribution is -2.30. The second-order valence-corrected chi connectivity index (χ2v) is 10.6. The van der Waals surface area contributed by atoms with E-state index in [4.69, 9.17) is 0 Å². The average molecular weight is 475 g/mol. The van der Waals surface area contributed by atoms with Gasteiger partial charge in [-0.3, -0.25) is 4.72 Å². The van der Waals surface area contributed by atoms with Crippen LogP contribution in [0.1, 0.15) is 25.0 Å². The van der Waals surface area contributed by atoms with Gasteiger partial charge in [-0.15, -0.1) is 0 Å². The van der Waals surface area contributed by atoms with Crippen molar-refractivity contribution < 1.29 is 16.8 Å². The molecule has 9 heteroatoms. The van der Waals surface area contributed by atoms with E-state index in [9.17, 15) is 16.8 Å². The first-order valence-corrected chi connectivity index (χ1v) is 12.1. The number of nitrogens with zero attached hydrogens (tertiary/aromatic N) is 1. The fourth-order valence-corrected chi connectivity index (χ4v) is 5.56. The summed E-state index contributed by atoms with van der Waals surface area (Å²) < 4.78 is 55.7. The Morgan fingerprint density at radius 1 is 0.926 bits per heavy atom. The van der Waals surface area contributed by atoms with Crippen LogP contribution in [0.5, 0.6) is 0 Å². The summed E-state index contributed by atoms with van der Waals surface area (Å²) in [7, 11) is -7.54. The topological polar surface area (TPSA) is 83.6 Å². The molecule has 27 heavy (non-hydrogen) atoms. The van der Waals surface area contributed by atoms with Crippen molar-refractivity contribution in [3.05, 3.63) is 52.0 Å². The number of benzene rings is 2. The maximum absolute atomic E-state index is 12.8. The van der Waals surface area contributed by atoms with Crippen molar-refractivity contribution in [1.82, 2.24) is 4.31 Å². The van der Waals surface area contributed by atoms with Crippen LogP contribution in [-0.4, -0.2) is 34.2 Å². The molecule has 0 atom stereocenters. The molecule has 2 aromatic rings. The van der Waals surface area contributed by atoms with Crippen LogP contribution in [-0.2, 0) is 20.0 Å². The second kappa shape index (κ2) is 8.30. The Balaban J connectivity index is 2.52. The fraction of sp³-hybridized carbons (Fsp3) is 0.333. The molecule has 0 spiro atoms. The van der Waals surface area contributed by atoms with E-state index in [-0.39, 0.29) is 15.5 Å². The van der Waals surface area contributed by atoms with Gasteiger partial charge in [-0.2, -0.15) is 4.31 Å². The van der Waals surface area contributed by atoms with Crippen molar-refractivity contribution in [2.24, 2.45) is 0 Å². The molecule has 0 bridgehead atoms. The molecule has 0 radical (unpaired) electrons. The van der Waals surface area contributed by atoms with E-state index < -0.39 is 20.0 Å². The zero-order chi connectivity index (χ0) is 20.4. The maximum atomic E-state index is 12.8. The average Bonchev–Trinajstić information content (AvgIpc) is 2.59. The molecule has 2 aromatic carbocycles. The monoisotopic (exact) mass is 474 g/mol. The van der Waals surface area contributed by atoms with Crippen molar-refractivity contribution in [3.8, 4) is 0 Å². The summed E-state index contributed by atoms with van der Waals surface area (Å²) in [4.78, 5) is 0.169. The third-order valence-electron chi connectivity index (χ3n) is 4.35. The predicted molar refractivity (Wildman–Crippen MR) is 111 cm³/mol. The molecule has 0 fully saturated rings. The van der Waals surface area contributed by atoms with E-state index in [1.165, 1.54) is 22.5 Å². The number of rotatable bonds is 7. The van der Waals surface area contributed by atoms with Gasteiger partial charge >= 0.3 is 0 Å². The molecule has 6 nitrogen and oxygen atoms in total. The van der Waals surface area contributed by atoms with Crippen molar-refractivity contribution in [2.75, 3.05) is 17.8 Å². The molecule has 0 aliphatic rings. The number of halogens is 1. The van der Waals surface area contributed by atoms with Crippen LogP contribution in [0, 0.1) is 13.8 Å². The molecule has 2 rings (SSSR count). The minimum atomic E-state index is -3.84. The number of aryl methyl sites for hydroxylation is 1. The molecular weight excluding hydrogens is 452 g/mol. The van der Waals surface area contributed by atoms with Crippen LogP contribution in [0.15, 0.2) is 50.7 Å². The Morgan fingerprint density at radius 2 is 1.48 bits per heavy atom. The molecule has 0 aromatic heterocycles. The summed E-state index contributed by atoms with van der Waals surface area (Å²) in [6.45, 7) is 7.71. The normalized spacial score (nSPS) is 12.4. The van der Waals surface area contributed by atoms with Gasteiger partial charge in [0.25, 0.3) is 10.0 Å². The minimum absolute atomic E-state index is 0.0720. The lowest BCUT2D eigenvalue weighted by atomic mass is 10.1. The van der Waals surface area contributed by atoms with Crippen LogP contribution < -0.4 is 4.72 Å². The summed E-state index contributed by atoms with van der Waals surface area (Å²) in [6, 6.07) is 9.17. The van der Waals surface area contributed by atoms with Gasteiger partial charge in [0, 0.05) is 17.6 Å². The molecule has 0 aliphatic heterocycles. The number of sulfonamides is 2. The van der Waals surface area contributed by atoms with E-state index >= 15 is 0 Å². The van der Waals surface area contributed by atoms with Crippen molar-refractivity contribution in [2.45, 2.75) is 37.5 Å². The Morgan fingerprint density at radius 3 is 2.00 bits per heavy atom. The van der Waals surface area contributed by atoms with Crippen molar-refractivity contribution >= 4 is 41.7 Å². The van der Waals surface area contributed by atoms with Crippen LogP contribution in [0.4, 0.5) is 5.69 Å². The van der Waals surface area contributed by atoms with Crippen LogP contribution in [0.3, 0.4) is 0 Å². The van der Waals surface area contributed by atoms with Gasteiger partial charge in [0.1, 0.15) is 0 Å². The van der Waals surface area contributed by atoms with Gasteiger partial charge in [-0.05, 0) is 61.4 Å². The molecular formula is C18H23BrN2O4S2. The Hall–Kier alpha value is -1.42. The highest BCUT2D eigenvalue weighted by Gasteiger charge is 2.24. The summed E-state index contributed by atoms with van der Waals surface area (Å²) in [5.74, 6) is 0. The minimum Gasteiger partial charge on any atom is -0.279 e. The quantitative estimate of drug-likeness (QED) is 0.659. The highest BCUT2D eigenvalue weighted by molar-refractivity contribution is 9.10. The van der Waals surface area contributed by atoms with E-state index in [1.807, 2.05) is 0 Å². The second-order valence-electron chi connectivity index (χ2n) is 6.06. The summed E-state index contributed by atoms with van der Waals surface area (Å²) in [5.41, 5.74) is 1.62. The van der Waals surface area contributed by atoms with Crippen molar-refractivity contribution in [3.63, 3.8) is 0 Å². The molecule has 0 saturated heterocycles. The van der Waals surface area contributed by atoms with Gasteiger partial charge in [-0.1, -0.05) is 29.8 Å². The Bertz CT molecular complexity index is 1030. The number of hydrogen-bond acceptors (Lipinski definition) is 4. The zero-order valence-electron chi connectivity index (χ0n) is 15.7. The molecule has 0 aliphatic carbocycles. The van der Waals surface area contributed by atoms with E-state index in [0.717, 1.165) is 4.47 Å². The summed E-state index contributed by atoms with van der Waals surface area (Å²) in [6.07, 6.45) is 0. The zero-order valence-corrected chi connectivity index (χ0v) is 18.9. The number of nitrogens with one attached hydrogen (secondary N) is 1. The summed E-state index contributed by atoms with van der Waals surface area (Å²) in [5, 5.41) is 0. The molecule has 0 amide bonds. The molecule has 0 saturated carbocycles. The Kier molecular flexibility index (Phi) is 6.72.